The molecule has 1 aliphatic heterocycles. The Morgan fingerprint density at radius 3 is 2.83 bits per heavy atom. The largest absolute Gasteiger partial charge is 0.491 e. The second-order valence-corrected chi connectivity index (χ2v) is 4.50. The number of hydrogen-bond acceptors (Lipinski definition) is 4. The van der Waals surface area contributed by atoms with E-state index < -0.39 is 0 Å². The van der Waals surface area contributed by atoms with Crippen LogP contribution in [0.3, 0.4) is 0 Å². The van der Waals surface area contributed by atoms with Crippen molar-refractivity contribution in [3.63, 3.8) is 0 Å². The van der Waals surface area contributed by atoms with Gasteiger partial charge in [0, 0.05) is 24.7 Å². The van der Waals surface area contributed by atoms with Crippen molar-refractivity contribution in [2.45, 2.75) is 19.3 Å². The highest BCUT2D eigenvalue weighted by atomic mass is 35.5. The standard InChI is InChI=1S/C13H18ClNO3/c1-2-16-13-8-15-7-12(18-13)9-17-11-5-3-10(14)4-6-11/h3-6,12-13,15H,2,7-9H2,1H3/t12-,13+/m0/s1. The number of rotatable bonds is 5. The van der Waals surface area contributed by atoms with E-state index in [2.05, 4.69) is 5.32 Å². The Balaban J connectivity index is 1.77. The molecule has 1 saturated heterocycles. The molecule has 0 aliphatic carbocycles. The molecule has 18 heavy (non-hydrogen) atoms. The summed E-state index contributed by atoms with van der Waals surface area (Å²) in [4.78, 5) is 0. The molecule has 1 aromatic carbocycles. The molecule has 0 spiro atoms. The molecule has 0 radical (unpaired) electrons. The van der Waals surface area contributed by atoms with Crippen LogP contribution in [0.4, 0.5) is 0 Å². The van der Waals surface area contributed by atoms with Crippen LogP contribution in [0.1, 0.15) is 6.92 Å². The van der Waals surface area contributed by atoms with E-state index in [0.29, 0.717) is 18.2 Å². The normalized spacial score (nSPS) is 23.9. The van der Waals surface area contributed by atoms with Gasteiger partial charge in [0.15, 0.2) is 6.29 Å². The first-order valence-electron chi connectivity index (χ1n) is 6.14. The van der Waals surface area contributed by atoms with Crippen LogP contribution < -0.4 is 10.1 Å². The van der Waals surface area contributed by atoms with Crippen molar-refractivity contribution in [2.24, 2.45) is 0 Å². The van der Waals surface area contributed by atoms with Gasteiger partial charge in [-0.2, -0.15) is 0 Å². The molecule has 1 aromatic rings. The maximum atomic E-state index is 5.81. The summed E-state index contributed by atoms with van der Waals surface area (Å²) in [5.41, 5.74) is 0. The van der Waals surface area contributed by atoms with Crippen LogP contribution in [-0.2, 0) is 9.47 Å². The van der Waals surface area contributed by atoms with Crippen molar-refractivity contribution >= 4 is 11.6 Å². The molecule has 0 unspecified atom stereocenters. The number of nitrogens with one attached hydrogen (secondary N) is 1. The summed E-state index contributed by atoms with van der Waals surface area (Å²) in [6, 6.07) is 7.30. The molecule has 1 heterocycles. The van der Waals surface area contributed by atoms with Gasteiger partial charge >= 0.3 is 0 Å². The van der Waals surface area contributed by atoms with Crippen molar-refractivity contribution in [1.82, 2.24) is 5.32 Å². The van der Waals surface area contributed by atoms with Crippen LogP contribution in [-0.4, -0.2) is 38.7 Å². The van der Waals surface area contributed by atoms with Crippen molar-refractivity contribution < 1.29 is 14.2 Å². The van der Waals surface area contributed by atoms with Gasteiger partial charge in [-0.25, -0.2) is 0 Å². The maximum Gasteiger partial charge on any atom is 0.170 e. The lowest BCUT2D eigenvalue weighted by Crippen LogP contribution is -2.48. The molecular formula is C13H18ClNO3. The monoisotopic (exact) mass is 271 g/mol. The van der Waals surface area contributed by atoms with Crippen molar-refractivity contribution in [2.75, 3.05) is 26.3 Å². The average molecular weight is 272 g/mol. The highest BCUT2D eigenvalue weighted by molar-refractivity contribution is 6.30. The molecule has 2 atom stereocenters. The van der Waals surface area contributed by atoms with Gasteiger partial charge in [-0.1, -0.05) is 11.6 Å². The summed E-state index contributed by atoms with van der Waals surface area (Å²) >= 11 is 5.81. The van der Waals surface area contributed by atoms with E-state index >= 15 is 0 Å². The quantitative estimate of drug-likeness (QED) is 0.890. The highest BCUT2D eigenvalue weighted by Crippen LogP contribution is 2.16. The first kappa shape index (κ1) is 13.6. The molecule has 100 valence electrons. The van der Waals surface area contributed by atoms with E-state index in [0.717, 1.165) is 18.8 Å². The second kappa shape index (κ2) is 6.95. The minimum absolute atomic E-state index is 0.00554. The predicted molar refractivity (Wildman–Crippen MR) is 70.1 cm³/mol. The van der Waals surface area contributed by atoms with Crippen LogP contribution >= 0.6 is 11.6 Å². The molecule has 1 N–H and O–H groups in total. The van der Waals surface area contributed by atoms with E-state index in [9.17, 15) is 0 Å². The van der Waals surface area contributed by atoms with Gasteiger partial charge in [-0.05, 0) is 31.2 Å². The number of morpholine rings is 1. The van der Waals surface area contributed by atoms with E-state index in [-0.39, 0.29) is 12.4 Å². The molecule has 0 saturated carbocycles. The molecule has 0 bridgehead atoms. The Morgan fingerprint density at radius 2 is 2.11 bits per heavy atom. The number of benzene rings is 1. The predicted octanol–water partition coefficient (Wildman–Crippen LogP) is 2.07. The molecule has 4 nitrogen and oxygen atoms in total. The van der Waals surface area contributed by atoms with Crippen LogP contribution in [0.25, 0.3) is 0 Å². The summed E-state index contributed by atoms with van der Waals surface area (Å²) < 4.78 is 16.8. The smallest absolute Gasteiger partial charge is 0.170 e. The summed E-state index contributed by atoms with van der Waals surface area (Å²) in [7, 11) is 0. The van der Waals surface area contributed by atoms with Gasteiger partial charge in [0.05, 0.1) is 0 Å². The van der Waals surface area contributed by atoms with Gasteiger partial charge in [0.1, 0.15) is 18.5 Å². The maximum absolute atomic E-state index is 5.81. The fraction of sp³-hybridized carbons (Fsp3) is 0.538. The zero-order valence-electron chi connectivity index (χ0n) is 10.4. The summed E-state index contributed by atoms with van der Waals surface area (Å²) in [5.74, 6) is 0.793. The Morgan fingerprint density at radius 1 is 1.33 bits per heavy atom. The molecule has 0 amide bonds. The molecule has 5 heteroatoms. The Bertz CT molecular complexity index is 356. The Hall–Kier alpha value is -0.810. The first-order valence-corrected chi connectivity index (χ1v) is 6.52. The zero-order chi connectivity index (χ0) is 12.8. The highest BCUT2D eigenvalue weighted by Gasteiger charge is 2.22. The fourth-order valence-electron chi connectivity index (χ4n) is 1.78. The molecular weight excluding hydrogens is 254 g/mol. The molecule has 1 fully saturated rings. The zero-order valence-corrected chi connectivity index (χ0v) is 11.2. The molecule has 1 aliphatic rings. The average Bonchev–Trinajstić information content (AvgIpc) is 2.39. The van der Waals surface area contributed by atoms with Gasteiger partial charge < -0.3 is 19.5 Å². The van der Waals surface area contributed by atoms with E-state index in [4.69, 9.17) is 25.8 Å². The lowest BCUT2D eigenvalue weighted by molar-refractivity contribution is -0.187. The Kier molecular flexibility index (Phi) is 5.26. The van der Waals surface area contributed by atoms with Crippen LogP contribution in [0.15, 0.2) is 24.3 Å². The third-order valence-electron chi connectivity index (χ3n) is 2.63. The van der Waals surface area contributed by atoms with Gasteiger partial charge in [0.25, 0.3) is 0 Å². The second-order valence-electron chi connectivity index (χ2n) is 4.07. The third kappa shape index (κ3) is 4.14. The van der Waals surface area contributed by atoms with E-state index in [1.54, 1.807) is 12.1 Å². The minimum Gasteiger partial charge on any atom is -0.491 e. The van der Waals surface area contributed by atoms with E-state index in [1.165, 1.54) is 0 Å². The lowest BCUT2D eigenvalue weighted by Gasteiger charge is -2.30. The van der Waals surface area contributed by atoms with Gasteiger partial charge in [-0.15, -0.1) is 0 Å². The lowest BCUT2D eigenvalue weighted by atomic mass is 10.3. The van der Waals surface area contributed by atoms with Crippen molar-refractivity contribution in [3.05, 3.63) is 29.3 Å². The van der Waals surface area contributed by atoms with Crippen LogP contribution in [0, 0.1) is 0 Å². The Labute approximate surface area is 112 Å². The molecule has 2 rings (SSSR count). The topological polar surface area (TPSA) is 39.7 Å². The van der Waals surface area contributed by atoms with Crippen molar-refractivity contribution in [3.8, 4) is 5.75 Å². The number of hydrogen-bond donors (Lipinski definition) is 1. The third-order valence-corrected chi connectivity index (χ3v) is 2.88. The van der Waals surface area contributed by atoms with Crippen LogP contribution in [0.2, 0.25) is 5.02 Å². The summed E-state index contributed by atoms with van der Waals surface area (Å²) in [6.07, 6.45) is -0.173. The SMILES string of the molecule is CCO[C@H]1CNC[C@@H](COc2ccc(Cl)cc2)O1. The fourth-order valence-corrected chi connectivity index (χ4v) is 1.90. The first-order chi connectivity index (χ1) is 8.78. The summed E-state index contributed by atoms with van der Waals surface area (Å²) in [5, 5.41) is 3.97. The summed E-state index contributed by atoms with van der Waals surface area (Å²) in [6.45, 7) is 4.61. The number of ether oxygens (including phenoxy) is 3. The van der Waals surface area contributed by atoms with Gasteiger partial charge in [-0.3, -0.25) is 0 Å². The van der Waals surface area contributed by atoms with Crippen molar-refractivity contribution in [1.29, 1.82) is 0 Å². The van der Waals surface area contributed by atoms with Crippen LogP contribution in [0.5, 0.6) is 5.75 Å². The van der Waals surface area contributed by atoms with E-state index in [1.807, 2.05) is 19.1 Å². The number of halogens is 1. The minimum atomic E-state index is -0.178. The van der Waals surface area contributed by atoms with Gasteiger partial charge in [0.2, 0.25) is 0 Å². The molecule has 0 aromatic heterocycles.